The van der Waals surface area contributed by atoms with E-state index >= 15 is 0 Å². The van der Waals surface area contributed by atoms with Gasteiger partial charge < -0.3 is 9.47 Å². The molecule has 1 aliphatic heterocycles. The van der Waals surface area contributed by atoms with Crippen molar-refractivity contribution >= 4 is 11.9 Å². The Hall–Kier alpha value is -0.550. The van der Waals surface area contributed by atoms with Crippen molar-refractivity contribution in [3.05, 3.63) is 35.9 Å². The zero-order chi connectivity index (χ0) is 16.0. The molecule has 1 N–H and O–H groups in total. The van der Waals surface area contributed by atoms with Gasteiger partial charge in [0.15, 0.2) is 0 Å². The number of benzene rings is 1. The molecule has 1 aromatic rings. The van der Waals surface area contributed by atoms with E-state index in [4.69, 9.17) is 9.47 Å². The van der Waals surface area contributed by atoms with Gasteiger partial charge in [-0.3, -0.25) is 4.72 Å². The van der Waals surface area contributed by atoms with Crippen molar-refractivity contribution in [2.45, 2.75) is 70.1 Å². The van der Waals surface area contributed by atoms with Gasteiger partial charge in [0, 0.05) is 23.8 Å². The quantitative estimate of drug-likeness (QED) is 0.796. The summed E-state index contributed by atoms with van der Waals surface area (Å²) in [4.78, 5) is 0. The number of nitrogens with one attached hydrogen (secondary N) is 1. The summed E-state index contributed by atoms with van der Waals surface area (Å²) in [6.07, 6.45) is 2.47. The summed E-state index contributed by atoms with van der Waals surface area (Å²) in [5.41, 5.74) is 1.24. The molecule has 1 heterocycles. The smallest absolute Gasteiger partial charge is 0.0758 e. The fraction of sp³-hybridized carbons (Fsp3) is 0.667. The number of rotatable bonds is 6. The van der Waals surface area contributed by atoms with E-state index in [2.05, 4.69) is 56.7 Å². The SMILES string of the molecule is CC(NSC(C)(C)C)C1CC(OCc2ccccc2)CCO1. The van der Waals surface area contributed by atoms with Crippen LogP contribution in [0.25, 0.3) is 0 Å². The van der Waals surface area contributed by atoms with Gasteiger partial charge in [-0.15, -0.1) is 0 Å². The van der Waals surface area contributed by atoms with Crippen LogP contribution in [-0.4, -0.2) is 29.6 Å². The van der Waals surface area contributed by atoms with Crippen LogP contribution in [0.2, 0.25) is 0 Å². The zero-order valence-electron chi connectivity index (χ0n) is 14.2. The molecule has 3 nitrogen and oxygen atoms in total. The van der Waals surface area contributed by atoms with Crippen LogP contribution in [0.3, 0.4) is 0 Å². The molecular formula is C18H29NO2S. The van der Waals surface area contributed by atoms with E-state index in [0.717, 1.165) is 19.4 Å². The van der Waals surface area contributed by atoms with E-state index in [1.165, 1.54) is 5.56 Å². The molecule has 4 heteroatoms. The normalized spacial score (nSPS) is 24.2. The molecule has 3 atom stereocenters. The third-order valence-corrected chi connectivity index (χ3v) is 4.81. The van der Waals surface area contributed by atoms with E-state index in [9.17, 15) is 0 Å². The summed E-state index contributed by atoms with van der Waals surface area (Å²) in [7, 11) is 0. The maximum atomic E-state index is 6.08. The summed E-state index contributed by atoms with van der Waals surface area (Å²) >= 11 is 1.78. The standard InChI is InChI=1S/C18H29NO2S/c1-14(19-22-18(2,3)4)17-12-16(10-11-20-17)21-13-15-8-6-5-7-9-15/h5-9,14,16-17,19H,10-13H2,1-4H3. The lowest BCUT2D eigenvalue weighted by Gasteiger charge is -2.34. The van der Waals surface area contributed by atoms with Gasteiger partial charge in [-0.2, -0.15) is 0 Å². The fourth-order valence-electron chi connectivity index (χ4n) is 2.43. The molecule has 0 spiro atoms. The molecule has 22 heavy (non-hydrogen) atoms. The van der Waals surface area contributed by atoms with Crippen molar-refractivity contribution in [3.8, 4) is 0 Å². The van der Waals surface area contributed by atoms with Gasteiger partial charge in [0.25, 0.3) is 0 Å². The van der Waals surface area contributed by atoms with Crippen LogP contribution in [0.1, 0.15) is 46.1 Å². The minimum absolute atomic E-state index is 0.214. The molecule has 1 aromatic carbocycles. The second-order valence-electron chi connectivity index (χ2n) is 6.97. The minimum Gasteiger partial charge on any atom is -0.376 e. The van der Waals surface area contributed by atoms with Crippen molar-refractivity contribution in [2.24, 2.45) is 0 Å². The average molecular weight is 324 g/mol. The summed E-state index contributed by atoms with van der Waals surface area (Å²) in [5.74, 6) is 0. The summed E-state index contributed by atoms with van der Waals surface area (Å²) < 4.78 is 15.7. The van der Waals surface area contributed by atoms with Crippen LogP contribution in [0.15, 0.2) is 30.3 Å². The largest absolute Gasteiger partial charge is 0.376 e. The first kappa shape index (κ1) is 17.8. The molecule has 1 aliphatic rings. The highest BCUT2D eigenvalue weighted by atomic mass is 32.2. The molecule has 2 rings (SSSR count). The average Bonchev–Trinajstić information content (AvgIpc) is 2.51. The summed E-state index contributed by atoms with van der Waals surface area (Å²) in [6, 6.07) is 10.7. The Morgan fingerprint density at radius 2 is 2.05 bits per heavy atom. The van der Waals surface area contributed by atoms with Crippen LogP contribution in [0, 0.1) is 0 Å². The predicted octanol–water partition coefficient (Wildman–Crippen LogP) is 4.18. The van der Waals surface area contributed by atoms with E-state index < -0.39 is 0 Å². The summed E-state index contributed by atoms with van der Waals surface area (Å²) in [5, 5.41) is 0. The highest BCUT2D eigenvalue weighted by Gasteiger charge is 2.28. The van der Waals surface area contributed by atoms with Crippen molar-refractivity contribution in [2.75, 3.05) is 6.61 Å². The van der Waals surface area contributed by atoms with Gasteiger partial charge in [-0.05, 0) is 39.7 Å². The zero-order valence-corrected chi connectivity index (χ0v) is 15.0. The minimum atomic E-state index is 0.214. The van der Waals surface area contributed by atoms with Gasteiger partial charge in [0.2, 0.25) is 0 Å². The van der Waals surface area contributed by atoms with E-state index in [0.29, 0.717) is 18.8 Å². The van der Waals surface area contributed by atoms with Crippen molar-refractivity contribution in [1.82, 2.24) is 4.72 Å². The fourth-order valence-corrected chi connectivity index (χ4v) is 3.12. The van der Waals surface area contributed by atoms with Gasteiger partial charge in [-0.1, -0.05) is 42.3 Å². The highest BCUT2D eigenvalue weighted by Crippen LogP contribution is 2.25. The molecule has 1 saturated heterocycles. The highest BCUT2D eigenvalue weighted by molar-refractivity contribution is 7.98. The first-order chi connectivity index (χ1) is 10.4. The third kappa shape index (κ3) is 6.29. The molecule has 0 aromatic heterocycles. The molecule has 0 aliphatic carbocycles. The Morgan fingerprint density at radius 1 is 1.32 bits per heavy atom. The monoisotopic (exact) mass is 323 g/mol. The van der Waals surface area contributed by atoms with Gasteiger partial charge in [0.1, 0.15) is 0 Å². The van der Waals surface area contributed by atoms with Crippen LogP contribution >= 0.6 is 11.9 Å². The molecule has 0 amide bonds. The Kier molecular flexibility index (Phi) is 6.75. The lowest BCUT2D eigenvalue weighted by atomic mass is 10.0. The topological polar surface area (TPSA) is 30.5 Å². The Labute approximate surface area is 139 Å². The van der Waals surface area contributed by atoms with Crippen molar-refractivity contribution in [1.29, 1.82) is 0 Å². The molecule has 0 bridgehead atoms. The van der Waals surface area contributed by atoms with E-state index in [1.54, 1.807) is 11.9 Å². The molecular weight excluding hydrogens is 294 g/mol. The molecule has 1 fully saturated rings. The van der Waals surface area contributed by atoms with Gasteiger partial charge >= 0.3 is 0 Å². The van der Waals surface area contributed by atoms with Crippen molar-refractivity contribution in [3.63, 3.8) is 0 Å². The lowest BCUT2D eigenvalue weighted by Crippen LogP contribution is -2.43. The molecule has 0 radical (unpaired) electrons. The maximum absolute atomic E-state index is 6.08. The van der Waals surface area contributed by atoms with Crippen LogP contribution in [0.5, 0.6) is 0 Å². The molecule has 124 valence electrons. The van der Waals surface area contributed by atoms with Crippen LogP contribution in [-0.2, 0) is 16.1 Å². The third-order valence-electron chi connectivity index (χ3n) is 3.70. The van der Waals surface area contributed by atoms with E-state index in [1.807, 2.05) is 6.07 Å². The first-order valence-corrected chi connectivity index (χ1v) is 8.96. The van der Waals surface area contributed by atoms with Crippen LogP contribution < -0.4 is 4.72 Å². The first-order valence-electron chi connectivity index (χ1n) is 8.15. The second-order valence-corrected chi connectivity index (χ2v) is 8.64. The Bertz CT molecular complexity index is 432. The number of hydrogen-bond donors (Lipinski definition) is 1. The van der Waals surface area contributed by atoms with Gasteiger partial charge in [-0.25, -0.2) is 0 Å². The van der Waals surface area contributed by atoms with Crippen LogP contribution in [0.4, 0.5) is 0 Å². The van der Waals surface area contributed by atoms with Gasteiger partial charge in [0.05, 0.1) is 18.8 Å². The van der Waals surface area contributed by atoms with Crippen molar-refractivity contribution < 1.29 is 9.47 Å². The lowest BCUT2D eigenvalue weighted by molar-refractivity contribution is -0.0845. The van der Waals surface area contributed by atoms with E-state index in [-0.39, 0.29) is 10.9 Å². The second kappa shape index (κ2) is 8.34. The summed E-state index contributed by atoms with van der Waals surface area (Å²) in [6.45, 7) is 10.3. The number of ether oxygens (including phenoxy) is 2. The maximum Gasteiger partial charge on any atom is 0.0758 e. The number of hydrogen-bond acceptors (Lipinski definition) is 4. The predicted molar refractivity (Wildman–Crippen MR) is 93.9 cm³/mol. The molecule has 3 unspecified atom stereocenters. The Balaban J connectivity index is 1.76. The Morgan fingerprint density at radius 3 is 2.73 bits per heavy atom. The molecule has 0 saturated carbocycles.